The summed E-state index contributed by atoms with van der Waals surface area (Å²) in [6.45, 7) is 1.27. The third-order valence-electron chi connectivity index (χ3n) is 1.67. The van der Waals surface area contributed by atoms with Gasteiger partial charge < -0.3 is 10.2 Å². The maximum Gasteiger partial charge on any atom is 0.164 e. The molecule has 3 nitrogen and oxygen atoms in total. The van der Waals surface area contributed by atoms with Gasteiger partial charge in [-0.1, -0.05) is 0 Å². The van der Waals surface area contributed by atoms with Crippen LogP contribution in [-0.4, -0.2) is 47.7 Å². The van der Waals surface area contributed by atoms with Crippen molar-refractivity contribution in [3.05, 3.63) is 0 Å². The van der Waals surface area contributed by atoms with Gasteiger partial charge in [0.05, 0.1) is 6.67 Å². The quantitative estimate of drug-likeness (QED) is 0.590. The van der Waals surface area contributed by atoms with Crippen LogP contribution in [0.4, 0.5) is 4.39 Å². The highest BCUT2D eigenvalue weighted by atomic mass is 35.5. The SMILES string of the molecule is Cl.OC(O)CN1CC(CF)C1. The molecule has 0 aliphatic carbocycles. The van der Waals surface area contributed by atoms with Crippen LogP contribution in [0.1, 0.15) is 0 Å². The van der Waals surface area contributed by atoms with E-state index in [0.717, 1.165) is 0 Å². The zero-order valence-corrected chi connectivity index (χ0v) is 6.93. The molecule has 1 heterocycles. The number of hydrogen-bond acceptors (Lipinski definition) is 3. The lowest BCUT2D eigenvalue weighted by Crippen LogP contribution is -2.50. The highest BCUT2D eigenvalue weighted by Gasteiger charge is 2.27. The zero-order chi connectivity index (χ0) is 7.56. The Bertz CT molecular complexity index is 109. The summed E-state index contributed by atoms with van der Waals surface area (Å²) in [5, 5.41) is 16.9. The summed E-state index contributed by atoms with van der Waals surface area (Å²) in [4.78, 5) is 1.81. The lowest BCUT2D eigenvalue weighted by atomic mass is 10.0. The Kier molecular flexibility index (Phi) is 4.92. The van der Waals surface area contributed by atoms with Crippen molar-refractivity contribution in [3.8, 4) is 0 Å². The van der Waals surface area contributed by atoms with E-state index in [1.54, 1.807) is 0 Å². The van der Waals surface area contributed by atoms with Gasteiger partial charge in [-0.15, -0.1) is 12.4 Å². The van der Waals surface area contributed by atoms with Gasteiger partial charge in [-0.05, 0) is 0 Å². The molecule has 11 heavy (non-hydrogen) atoms. The van der Waals surface area contributed by atoms with E-state index in [1.165, 1.54) is 0 Å². The van der Waals surface area contributed by atoms with E-state index in [0.29, 0.717) is 13.1 Å². The average Bonchev–Trinajstić information content (AvgIpc) is 1.76. The summed E-state index contributed by atoms with van der Waals surface area (Å²) in [7, 11) is 0. The Morgan fingerprint density at radius 1 is 1.45 bits per heavy atom. The molecule has 2 N–H and O–H groups in total. The molecule has 0 atom stereocenters. The summed E-state index contributed by atoms with van der Waals surface area (Å²) in [5.74, 6) is 0.124. The van der Waals surface area contributed by atoms with Gasteiger partial charge in [0, 0.05) is 25.6 Å². The smallest absolute Gasteiger partial charge is 0.164 e. The first-order valence-electron chi connectivity index (χ1n) is 3.37. The molecule has 68 valence electrons. The maximum atomic E-state index is 11.8. The van der Waals surface area contributed by atoms with E-state index in [-0.39, 0.29) is 31.5 Å². The predicted molar refractivity (Wildman–Crippen MR) is 41.4 cm³/mol. The Morgan fingerprint density at radius 3 is 2.36 bits per heavy atom. The van der Waals surface area contributed by atoms with Gasteiger partial charge in [-0.2, -0.15) is 0 Å². The highest BCUT2D eigenvalue weighted by molar-refractivity contribution is 5.85. The van der Waals surface area contributed by atoms with Crippen molar-refractivity contribution in [2.24, 2.45) is 5.92 Å². The molecule has 0 amide bonds. The number of aliphatic hydroxyl groups is 2. The third kappa shape index (κ3) is 3.33. The molecule has 0 unspecified atom stereocenters. The van der Waals surface area contributed by atoms with Crippen LogP contribution < -0.4 is 0 Å². The predicted octanol–water partition coefficient (Wildman–Crippen LogP) is -0.380. The maximum absolute atomic E-state index is 11.8. The van der Waals surface area contributed by atoms with Crippen molar-refractivity contribution in [2.45, 2.75) is 6.29 Å². The second-order valence-corrected chi connectivity index (χ2v) is 2.72. The summed E-state index contributed by atoms with van der Waals surface area (Å²) < 4.78 is 11.8. The molecule has 5 heteroatoms. The van der Waals surface area contributed by atoms with E-state index in [2.05, 4.69) is 0 Å². The highest BCUT2D eigenvalue weighted by Crippen LogP contribution is 2.14. The van der Waals surface area contributed by atoms with Crippen LogP contribution in [0.2, 0.25) is 0 Å². The second kappa shape index (κ2) is 4.87. The van der Waals surface area contributed by atoms with Gasteiger partial charge in [0.2, 0.25) is 0 Å². The first-order chi connectivity index (χ1) is 4.72. The average molecular weight is 186 g/mol. The Labute approximate surface area is 71.2 Å². The summed E-state index contributed by atoms with van der Waals surface area (Å²) in [6.07, 6.45) is -1.28. The number of aliphatic hydroxyl groups excluding tert-OH is 1. The van der Waals surface area contributed by atoms with Crippen molar-refractivity contribution in [1.29, 1.82) is 0 Å². The Hall–Kier alpha value is 0.1000. The van der Waals surface area contributed by atoms with E-state index in [9.17, 15) is 4.39 Å². The minimum atomic E-state index is -1.28. The molecule has 0 aromatic rings. The molecule has 0 spiro atoms. The van der Waals surface area contributed by atoms with Crippen LogP contribution in [0, 0.1) is 5.92 Å². The van der Waals surface area contributed by atoms with Crippen molar-refractivity contribution in [2.75, 3.05) is 26.3 Å². The van der Waals surface area contributed by atoms with E-state index < -0.39 is 6.29 Å². The van der Waals surface area contributed by atoms with Crippen molar-refractivity contribution in [3.63, 3.8) is 0 Å². The van der Waals surface area contributed by atoms with Gasteiger partial charge in [0.15, 0.2) is 6.29 Å². The topological polar surface area (TPSA) is 43.7 Å². The van der Waals surface area contributed by atoms with Crippen LogP contribution in [0.3, 0.4) is 0 Å². The first-order valence-corrected chi connectivity index (χ1v) is 3.37. The second-order valence-electron chi connectivity index (χ2n) is 2.72. The van der Waals surface area contributed by atoms with Crippen LogP contribution in [0.5, 0.6) is 0 Å². The van der Waals surface area contributed by atoms with E-state index >= 15 is 0 Å². The first kappa shape index (κ1) is 11.1. The standard InChI is InChI=1S/C6H12FNO2.ClH/c7-1-5-2-8(3-5)4-6(9)10;/h5-6,9-10H,1-4H2;1H. The molecule has 1 fully saturated rings. The van der Waals surface area contributed by atoms with Crippen LogP contribution in [-0.2, 0) is 0 Å². The largest absolute Gasteiger partial charge is 0.367 e. The minimum absolute atomic E-state index is 0. The summed E-state index contributed by atoms with van der Waals surface area (Å²) >= 11 is 0. The van der Waals surface area contributed by atoms with E-state index in [1.807, 2.05) is 4.90 Å². The van der Waals surface area contributed by atoms with Crippen LogP contribution in [0.25, 0.3) is 0 Å². The number of rotatable bonds is 3. The van der Waals surface area contributed by atoms with Crippen LogP contribution >= 0.6 is 12.4 Å². The number of halogens is 2. The molecule has 0 aromatic carbocycles. The van der Waals surface area contributed by atoms with Gasteiger partial charge in [0.1, 0.15) is 0 Å². The van der Waals surface area contributed by atoms with Gasteiger partial charge >= 0.3 is 0 Å². The molecule has 0 aromatic heterocycles. The lowest BCUT2D eigenvalue weighted by molar-refractivity contribution is -0.0819. The van der Waals surface area contributed by atoms with Crippen molar-refractivity contribution < 1.29 is 14.6 Å². The fourth-order valence-corrected chi connectivity index (χ4v) is 1.15. The molecule has 0 radical (unpaired) electrons. The molecule has 1 rings (SSSR count). The normalized spacial score (nSPS) is 19.6. The lowest BCUT2D eigenvalue weighted by Gasteiger charge is -2.37. The molecular formula is C6H13ClFNO2. The number of β-amino-alcohol motifs (C(OH)–C–C–N with tert-alkyl or cyclic N) is 2. The summed E-state index contributed by atoms with van der Waals surface area (Å²) in [6, 6.07) is 0. The Morgan fingerprint density at radius 2 is 2.00 bits per heavy atom. The monoisotopic (exact) mass is 185 g/mol. The van der Waals surface area contributed by atoms with Crippen LogP contribution in [0.15, 0.2) is 0 Å². The minimum Gasteiger partial charge on any atom is -0.367 e. The Balaban J connectivity index is 0.000001000. The van der Waals surface area contributed by atoms with E-state index in [4.69, 9.17) is 10.2 Å². The fourth-order valence-electron chi connectivity index (χ4n) is 1.15. The number of nitrogens with zero attached hydrogens (tertiary/aromatic N) is 1. The molecular weight excluding hydrogens is 173 g/mol. The van der Waals surface area contributed by atoms with Crippen molar-refractivity contribution in [1.82, 2.24) is 4.90 Å². The fraction of sp³-hybridized carbons (Fsp3) is 1.00. The molecule has 1 aliphatic rings. The number of alkyl halides is 1. The zero-order valence-electron chi connectivity index (χ0n) is 6.11. The van der Waals surface area contributed by atoms with Gasteiger partial charge in [-0.3, -0.25) is 9.29 Å². The molecule has 0 saturated carbocycles. The molecule has 1 aliphatic heterocycles. The summed E-state index contributed by atoms with van der Waals surface area (Å²) in [5.41, 5.74) is 0. The number of likely N-dealkylation sites (tertiary alicyclic amines) is 1. The molecule has 1 saturated heterocycles. The van der Waals surface area contributed by atoms with Crippen molar-refractivity contribution >= 4 is 12.4 Å². The third-order valence-corrected chi connectivity index (χ3v) is 1.67. The van der Waals surface area contributed by atoms with Gasteiger partial charge in [0.25, 0.3) is 0 Å². The van der Waals surface area contributed by atoms with Gasteiger partial charge in [-0.25, -0.2) is 0 Å². The molecule has 0 bridgehead atoms. The number of hydrogen-bond donors (Lipinski definition) is 2.